The predicted octanol–water partition coefficient (Wildman–Crippen LogP) is 4.00. The number of pyridine rings is 1. The van der Waals surface area contributed by atoms with Crippen LogP contribution in [0.2, 0.25) is 0 Å². The van der Waals surface area contributed by atoms with Gasteiger partial charge in [0.05, 0.1) is 22.4 Å². The number of ether oxygens (including phenoxy) is 1. The number of hydrogen-bond acceptors (Lipinski definition) is 4. The van der Waals surface area contributed by atoms with Gasteiger partial charge in [0.2, 0.25) is 0 Å². The van der Waals surface area contributed by atoms with E-state index < -0.39 is 11.2 Å². The fourth-order valence-electron chi connectivity index (χ4n) is 2.44. The molecule has 2 heterocycles. The first-order chi connectivity index (χ1) is 11.2. The largest absolute Gasteiger partial charge is 0.491 e. The number of nitrogens with one attached hydrogen (secondary N) is 1. The molecule has 0 aliphatic rings. The Hall–Kier alpha value is -2.47. The van der Waals surface area contributed by atoms with Crippen LogP contribution in [0.5, 0.6) is 5.75 Å². The van der Waals surface area contributed by atoms with E-state index >= 15 is 0 Å². The normalized spacial score (nSPS) is 10.9. The number of carbonyl (C=O) groups is 1. The number of carbonyl (C=O) groups excluding carboxylic acids is 1. The molecule has 6 heteroatoms. The third-order valence-electron chi connectivity index (χ3n) is 3.50. The second kappa shape index (κ2) is 6.34. The highest BCUT2D eigenvalue weighted by atomic mass is 32.1. The van der Waals surface area contributed by atoms with Crippen molar-refractivity contribution in [2.24, 2.45) is 0 Å². The monoisotopic (exact) mass is 331 g/mol. The molecule has 1 N–H and O–H groups in total. The number of H-pyrrole nitrogens is 1. The summed E-state index contributed by atoms with van der Waals surface area (Å²) in [5.74, 6) is -0.178. The number of fused-ring (bicyclic) bond motifs is 1. The molecule has 4 nitrogen and oxygen atoms in total. The Balaban J connectivity index is 2.25. The number of aromatic nitrogens is 1. The second-order valence-electron chi connectivity index (χ2n) is 4.99. The molecule has 1 aromatic carbocycles. The standard InChI is InChI=1S/C17H14FNO3S/c1-2-6-22-13-4-3-12(18)15-16(13)19-8-11(17(15)21)10-5-7-23-14(10)9-20/h3-5,7-9H,2,6H2,1H3,(H,19,21). The summed E-state index contributed by atoms with van der Waals surface area (Å²) >= 11 is 1.24. The first-order valence-corrected chi connectivity index (χ1v) is 8.05. The molecule has 0 aliphatic heterocycles. The topological polar surface area (TPSA) is 59.2 Å². The van der Waals surface area contributed by atoms with Gasteiger partial charge in [-0.3, -0.25) is 9.59 Å². The van der Waals surface area contributed by atoms with Gasteiger partial charge in [0.25, 0.3) is 0 Å². The number of aromatic amines is 1. The highest BCUT2D eigenvalue weighted by Gasteiger charge is 2.17. The Bertz CT molecular complexity index is 929. The van der Waals surface area contributed by atoms with Gasteiger partial charge in [-0.15, -0.1) is 11.3 Å². The number of benzene rings is 1. The number of rotatable bonds is 5. The summed E-state index contributed by atoms with van der Waals surface area (Å²) in [7, 11) is 0. The zero-order valence-corrected chi connectivity index (χ0v) is 13.2. The van der Waals surface area contributed by atoms with E-state index in [0.717, 1.165) is 6.42 Å². The summed E-state index contributed by atoms with van der Waals surface area (Å²) in [5.41, 5.74) is 0.648. The van der Waals surface area contributed by atoms with Crippen molar-refractivity contribution in [3.8, 4) is 16.9 Å². The quantitative estimate of drug-likeness (QED) is 0.719. The molecule has 0 saturated heterocycles. The van der Waals surface area contributed by atoms with E-state index in [0.29, 0.717) is 34.6 Å². The minimum Gasteiger partial charge on any atom is -0.491 e. The third-order valence-corrected chi connectivity index (χ3v) is 4.35. The molecule has 3 aromatic rings. The van der Waals surface area contributed by atoms with Crippen molar-refractivity contribution in [3.63, 3.8) is 0 Å². The Kier molecular flexibility index (Phi) is 4.25. The first kappa shape index (κ1) is 15.4. The molecule has 0 atom stereocenters. The van der Waals surface area contributed by atoms with Gasteiger partial charge < -0.3 is 9.72 Å². The third kappa shape index (κ3) is 2.66. The van der Waals surface area contributed by atoms with Crippen LogP contribution in [0, 0.1) is 5.82 Å². The smallest absolute Gasteiger partial charge is 0.200 e. The lowest BCUT2D eigenvalue weighted by Crippen LogP contribution is -2.10. The van der Waals surface area contributed by atoms with Crippen LogP contribution in [0.3, 0.4) is 0 Å². The minimum absolute atomic E-state index is 0.0563. The summed E-state index contributed by atoms with van der Waals surface area (Å²) in [5, 5.41) is 1.67. The highest BCUT2D eigenvalue weighted by Crippen LogP contribution is 2.29. The van der Waals surface area contributed by atoms with Gasteiger partial charge >= 0.3 is 0 Å². The number of thiophene rings is 1. The van der Waals surface area contributed by atoms with Crippen molar-refractivity contribution < 1.29 is 13.9 Å². The summed E-state index contributed by atoms with van der Waals surface area (Å²) < 4.78 is 19.8. The lowest BCUT2D eigenvalue weighted by atomic mass is 10.0. The van der Waals surface area contributed by atoms with Crippen LogP contribution in [0.15, 0.2) is 34.6 Å². The lowest BCUT2D eigenvalue weighted by molar-refractivity contribution is 0.112. The van der Waals surface area contributed by atoms with E-state index in [-0.39, 0.29) is 10.9 Å². The zero-order chi connectivity index (χ0) is 16.4. The van der Waals surface area contributed by atoms with Crippen LogP contribution in [-0.4, -0.2) is 17.9 Å². The molecule has 2 aromatic heterocycles. The van der Waals surface area contributed by atoms with Crippen molar-refractivity contribution in [2.45, 2.75) is 13.3 Å². The van der Waals surface area contributed by atoms with Gasteiger partial charge in [0, 0.05) is 17.3 Å². The Morgan fingerprint density at radius 3 is 2.87 bits per heavy atom. The lowest BCUT2D eigenvalue weighted by Gasteiger charge is -2.10. The molecule has 0 bridgehead atoms. The van der Waals surface area contributed by atoms with Gasteiger partial charge in [-0.05, 0) is 30.0 Å². The van der Waals surface area contributed by atoms with E-state index in [4.69, 9.17) is 4.74 Å². The molecule has 0 spiro atoms. The molecule has 0 fully saturated rings. The van der Waals surface area contributed by atoms with Crippen molar-refractivity contribution in [2.75, 3.05) is 6.61 Å². The van der Waals surface area contributed by atoms with Crippen LogP contribution in [0.1, 0.15) is 23.0 Å². The summed E-state index contributed by atoms with van der Waals surface area (Å²) in [6, 6.07) is 4.41. The van der Waals surface area contributed by atoms with Crippen LogP contribution < -0.4 is 10.2 Å². The van der Waals surface area contributed by atoms with Crippen molar-refractivity contribution in [1.29, 1.82) is 0 Å². The fraction of sp³-hybridized carbons (Fsp3) is 0.176. The number of hydrogen-bond donors (Lipinski definition) is 1. The molecule has 23 heavy (non-hydrogen) atoms. The van der Waals surface area contributed by atoms with Crippen LogP contribution in [0.4, 0.5) is 4.39 Å². The molecule has 118 valence electrons. The summed E-state index contributed by atoms with van der Waals surface area (Å²) in [4.78, 5) is 27.2. The van der Waals surface area contributed by atoms with Crippen molar-refractivity contribution in [1.82, 2.24) is 4.98 Å². The molecule has 0 saturated carbocycles. The predicted molar refractivity (Wildman–Crippen MR) is 89.0 cm³/mol. The number of aldehydes is 1. The molecule has 0 aliphatic carbocycles. The maximum Gasteiger partial charge on any atom is 0.200 e. The minimum atomic E-state index is -0.616. The van der Waals surface area contributed by atoms with E-state index in [1.54, 1.807) is 11.4 Å². The van der Waals surface area contributed by atoms with E-state index in [1.807, 2.05) is 6.92 Å². The summed E-state index contributed by atoms with van der Waals surface area (Å²) in [6.07, 6.45) is 3.00. The molecule has 0 unspecified atom stereocenters. The molecule has 3 rings (SSSR count). The van der Waals surface area contributed by atoms with Crippen LogP contribution in [-0.2, 0) is 0 Å². The van der Waals surface area contributed by atoms with Gasteiger partial charge in [-0.1, -0.05) is 6.92 Å². The molecular weight excluding hydrogens is 317 g/mol. The van der Waals surface area contributed by atoms with E-state index in [1.165, 1.54) is 29.7 Å². The second-order valence-corrected chi connectivity index (χ2v) is 5.94. The van der Waals surface area contributed by atoms with Crippen LogP contribution in [0.25, 0.3) is 22.0 Å². The number of halogens is 1. The van der Waals surface area contributed by atoms with Gasteiger partial charge in [0.1, 0.15) is 11.6 Å². The average molecular weight is 331 g/mol. The Morgan fingerprint density at radius 2 is 2.13 bits per heavy atom. The average Bonchev–Trinajstić information content (AvgIpc) is 3.02. The van der Waals surface area contributed by atoms with Gasteiger partial charge in [-0.25, -0.2) is 4.39 Å². The Morgan fingerprint density at radius 1 is 1.30 bits per heavy atom. The van der Waals surface area contributed by atoms with Gasteiger partial charge in [-0.2, -0.15) is 0 Å². The molecule has 0 radical (unpaired) electrons. The fourth-order valence-corrected chi connectivity index (χ4v) is 3.15. The SMILES string of the molecule is CCCOc1ccc(F)c2c(=O)c(-c3ccsc3C=O)c[nH]c12. The van der Waals surface area contributed by atoms with Gasteiger partial charge in [0.15, 0.2) is 11.7 Å². The zero-order valence-electron chi connectivity index (χ0n) is 12.4. The molecular formula is C17H14FNO3S. The van der Waals surface area contributed by atoms with Crippen molar-refractivity contribution in [3.05, 3.63) is 50.7 Å². The molecule has 0 amide bonds. The van der Waals surface area contributed by atoms with E-state index in [2.05, 4.69) is 4.98 Å². The summed E-state index contributed by atoms with van der Waals surface area (Å²) in [6.45, 7) is 2.44. The Labute approximate surface area is 135 Å². The van der Waals surface area contributed by atoms with E-state index in [9.17, 15) is 14.0 Å². The highest BCUT2D eigenvalue weighted by molar-refractivity contribution is 7.12. The maximum atomic E-state index is 14.2. The first-order valence-electron chi connectivity index (χ1n) is 7.17. The maximum absolute atomic E-state index is 14.2. The van der Waals surface area contributed by atoms with Crippen molar-refractivity contribution >= 4 is 28.5 Å². The van der Waals surface area contributed by atoms with Crippen LogP contribution >= 0.6 is 11.3 Å².